The van der Waals surface area contributed by atoms with Crippen LogP contribution in [0.1, 0.15) is 28.1 Å². The van der Waals surface area contributed by atoms with Gasteiger partial charge in [-0.2, -0.15) is 5.10 Å². The van der Waals surface area contributed by atoms with Crippen LogP contribution in [0, 0.1) is 20.8 Å². The Bertz CT molecular complexity index is 662. The van der Waals surface area contributed by atoms with E-state index in [1.807, 2.05) is 23.7 Å². The van der Waals surface area contributed by atoms with Crippen molar-refractivity contribution in [3.05, 3.63) is 40.2 Å². The summed E-state index contributed by atoms with van der Waals surface area (Å²) in [7, 11) is 0. The summed E-state index contributed by atoms with van der Waals surface area (Å²) < 4.78 is 12.9. The van der Waals surface area contributed by atoms with E-state index in [-0.39, 0.29) is 0 Å². The minimum absolute atomic E-state index is 0.292. The minimum atomic E-state index is 0.292. The van der Waals surface area contributed by atoms with Gasteiger partial charge in [-0.05, 0) is 38.5 Å². The molecular weight excluding hydrogens is 254 g/mol. The number of nitrogens with two attached hydrogens (primary N) is 1. The highest BCUT2D eigenvalue weighted by Gasteiger charge is 2.17. The Labute approximate surface area is 118 Å². The summed E-state index contributed by atoms with van der Waals surface area (Å²) in [5.74, 6) is 0.885. The normalized spacial score (nSPS) is 13.9. The summed E-state index contributed by atoms with van der Waals surface area (Å²) in [5, 5.41) is 4.57. The summed E-state index contributed by atoms with van der Waals surface area (Å²) in [4.78, 5) is 0. The molecule has 106 valence electrons. The molecule has 0 radical (unpaired) electrons. The largest absolute Gasteiger partial charge is 0.467 e. The highest BCUT2D eigenvalue weighted by atomic mass is 16.7. The molecule has 0 atom stereocenters. The average Bonchev–Trinajstić information content (AvgIpc) is 2.66. The number of nitrogens with zero attached hydrogens (tertiary/aromatic N) is 2. The van der Waals surface area contributed by atoms with Crippen LogP contribution in [0.25, 0.3) is 0 Å². The second-order valence-corrected chi connectivity index (χ2v) is 5.23. The van der Waals surface area contributed by atoms with Crippen molar-refractivity contribution in [1.82, 2.24) is 9.78 Å². The van der Waals surface area contributed by atoms with Crippen molar-refractivity contribution in [2.75, 3.05) is 12.5 Å². The predicted octanol–water partition coefficient (Wildman–Crippen LogP) is 2.31. The van der Waals surface area contributed by atoms with E-state index in [0.29, 0.717) is 19.9 Å². The monoisotopic (exact) mass is 273 g/mol. The van der Waals surface area contributed by atoms with Gasteiger partial charge in [-0.3, -0.25) is 4.68 Å². The molecule has 2 heterocycles. The Morgan fingerprint density at radius 1 is 1.30 bits per heavy atom. The molecular formula is C15H19N3O2. The van der Waals surface area contributed by atoms with Gasteiger partial charge in [0.25, 0.3) is 0 Å². The van der Waals surface area contributed by atoms with E-state index < -0.39 is 0 Å². The molecule has 1 aromatic carbocycles. The van der Waals surface area contributed by atoms with E-state index in [1.165, 1.54) is 11.3 Å². The molecule has 0 amide bonds. The van der Waals surface area contributed by atoms with Crippen LogP contribution in [-0.2, 0) is 17.9 Å². The van der Waals surface area contributed by atoms with Crippen LogP contribution < -0.4 is 10.5 Å². The van der Waals surface area contributed by atoms with Crippen LogP contribution >= 0.6 is 0 Å². The van der Waals surface area contributed by atoms with Gasteiger partial charge in [-0.15, -0.1) is 0 Å². The van der Waals surface area contributed by atoms with E-state index in [9.17, 15) is 0 Å². The molecule has 0 saturated carbocycles. The zero-order chi connectivity index (χ0) is 14.3. The number of aryl methyl sites for hydroxylation is 1. The minimum Gasteiger partial charge on any atom is -0.467 e. The zero-order valence-corrected chi connectivity index (χ0v) is 12.1. The Kier molecular flexibility index (Phi) is 3.14. The van der Waals surface area contributed by atoms with Gasteiger partial charge in [0.15, 0.2) is 6.79 Å². The molecule has 0 spiro atoms. The van der Waals surface area contributed by atoms with Crippen LogP contribution in [0.5, 0.6) is 5.75 Å². The van der Waals surface area contributed by atoms with Gasteiger partial charge in [-0.25, -0.2) is 0 Å². The Morgan fingerprint density at radius 3 is 2.80 bits per heavy atom. The fraction of sp³-hybridized carbons (Fsp3) is 0.400. The van der Waals surface area contributed by atoms with E-state index >= 15 is 0 Å². The zero-order valence-electron chi connectivity index (χ0n) is 12.1. The number of benzene rings is 1. The van der Waals surface area contributed by atoms with E-state index in [0.717, 1.165) is 28.3 Å². The summed E-state index contributed by atoms with van der Waals surface area (Å²) in [6, 6.07) is 3.86. The van der Waals surface area contributed by atoms with Crippen molar-refractivity contribution in [2.24, 2.45) is 0 Å². The summed E-state index contributed by atoms with van der Waals surface area (Å²) in [6.07, 6.45) is 0. The number of rotatable bonds is 2. The van der Waals surface area contributed by atoms with Gasteiger partial charge in [0.1, 0.15) is 5.75 Å². The van der Waals surface area contributed by atoms with Crippen molar-refractivity contribution in [3.63, 3.8) is 0 Å². The molecule has 1 aliphatic rings. The Morgan fingerprint density at radius 2 is 2.10 bits per heavy atom. The molecule has 2 aromatic rings. The van der Waals surface area contributed by atoms with Gasteiger partial charge < -0.3 is 15.2 Å². The molecule has 1 aromatic heterocycles. The molecule has 5 nitrogen and oxygen atoms in total. The maximum atomic E-state index is 5.97. The SMILES string of the molecule is Cc1nn(Cc2cc(N)cc3c2OCOC3)c(C)c1C. The van der Waals surface area contributed by atoms with Gasteiger partial charge in [-0.1, -0.05) is 0 Å². The first-order valence-corrected chi connectivity index (χ1v) is 6.68. The maximum Gasteiger partial charge on any atom is 0.189 e. The van der Waals surface area contributed by atoms with Crippen LogP contribution in [0.4, 0.5) is 5.69 Å². The molecule has 3 rings (SSSR count). The second-order valence-electron chi connectivity index (χ2n) is 5.23. The third kappa shape index (κ3) is 2.14. The third-order valence-corrected chi connectivity index (χ3v) is 3.87. The van der Waals surface area contributed by atoms with Crippen molar-refractivity contribution in [2.45, 2.75) is 33.9 Å². The lowest BCUT2D eigenvalue weighted by Gasteiger charge is -2.21. The average molecular weight is 273 g/mol. The van der Waals surface area contributed by atoms with Crippen LogP contribution in [-0.4, -0.2) is 16.6 Å². The van der Waals surface area contributed by atoms with Crippen molar-refractivity contribution >= 4 is 5.69 Å². The third-order valence-electron chi connectivity index (χ3n) is 3.87. The number of hydrogen-bond donors (Lipinski definition) is 1. The standard InChI is InChI=1S/C15H19N3O2/c1-9-10(2)17-18(11(9)3)6-12-4-14(16)5-13-7-19-8-20-15(12)13/h4-5H,6-8,16H2,1-3H3. The number of hydrogen-bond acceptors (Lipinski definition) is 4. The fourth-order valence-electron chi connectivity index (χ4n) is 2.55. The number of fused-ring (bicyclic) bond motifs is 1. The first-order valence-electron chi connectivity index (χ1n) is 6.68. The maximum absolute atomic E-state index is 5.97. The Hall–Kier alpha value is -2.01. The predicted molar refractivity (Wildman–Crippen MR) is 76.7 cm³/mol. The van der Waals surface area contributed by atoms with Gasteiger partial charge >= 0.3 is 0 Å². The first-order chi connectivity index (χ1) is 9.56. The second kappa shape index (κ2) is 4.83. The van der Waals surface area contributed by atoms with Crippen LogP contribution in [0.2, 0.25) is 0 Å². The highest BCUT2D eigenvalue weighted by Crippen LogP contribution is 2.31. The number of anilines is 1. The lowest BCUT2D eigenvalue weighted by Crippen LogP contribution is -2.15. The highest BCUT2D eigenvalue weighted by molar-refractivity contribution is 5.53. The molecule has 20 heavy (non-hydrogen) atoms. The van der Waals surface area contributed by atoms with Gasteiger partial charge in [0.05, 0.1) is 18.8 Å². The van der Waals surface area contributed by atoms with Gasteiger partial charge in [0.2, 0.25) is 0 Å². The Balaban J connectivity index is 2.02. The van der Waals surface area contributed by atoms with E-state index in [2.05, 4.69) is 18.9 Å². The summed E-state index contributed by atoms with van der Waals surface area (Å²) in [6.45, 7) is 7.70. The molecule has 0 saturated heterocycles. The molecule has 0 fully saturated rings. The fourth-order valence-corrected chi connectivity index (χ4v) is 2.55. The summed E-state index contributed by atoms with van der Waals surface area (Å²) >= 11 is 0. The lowest BCUT2D eigenvalue weighted by atomic mass is 10.1. The summed E-state index contributed by atoms with van der Waals surface area (Å²) in [5.41, 5.74) is 12.2. The van der Waals surface area contributed by atoms with Crippen LogP contribution in [0.3, 0.4) is 0 Å². The quantitative estimate of drug-likeness (QED) is 0.853. The molecule has 2 N–H and O–H groups in total. The van der Waals surface area contributed by atoms with Crippen molar-refractivity contribution in [1.29, 1.82) is 0 Å². The van der Waals surface area contributed by atoms with Gasteiger partial charge in [0, 0.05) is 22.5 Å². The molecule has 0 unspecified atom stereocenters. The number of nitrogen functional groups attached to an aromatic ring is 1. The smallest absolute Gasteiger partial charge is 0.189 e. The van der Waals surface area contributed by atoms with Crippen molar-refractivity contribution in [3.8, 4) is 5.75 Å². The molecule has 1 aliphatic heterocycles. The molecule has 0 bridgehead atoms. The van der Waals surface area contributed by atoms with Crippen molar-refractivity contribution < 1.29 is 9.47 Å². The topological polar surface area (TPSA) is 62.3 Å². The lowest BCUT2D eigenvalue weighted by molar-refractivity contribution is -0.0170. The first kappa shape index (κ1) is 13.0. The number of ether oxygens (including phenoxy) is 2. The number of aromatic nitrogens is 2. The molecule has 5 heteroatoms. The van der Waals surface area contributed by atoms with Crippen LogP contribution in [0.15, 0.2) is 12.1 Å². The van der Waals surface area contributed by atoms with E-state index in [1.54, 1.807) is 0 Å². The molecule has 0 aliphatic carbocycles. The van der Waals surface area contributed by atoms with E-state index in [4.69, 9.17) is 15.2 Å².